The van der Waals surface area contributed by atoms with Gasteiger partial charge < -0.3 is 9.47 Å². The molecule has 3 nitrogen and oxygen atoms in total. The van der Waals surface area contributed by atoms with Crippen molar-refractivity contribution >= 4 is 5.78 Å². The van der Waals surface area contributed by atoms with Crippen molar-refractivity contribution in [3.05, 3.63) is 131 Å². The number of aryl methyl sites for hydroxylation is 2. The Kier molecular flexibility index (Phi) is 8.51. The molecular formula is C31H30O3. The first-order chi connectivity index (χ1) is 16.7. The zero-order valence-corrected chi connectivity index (χ0v) is 19.4. The smallest absolute Gasteiger partial charge is 0.133 e. The highest BCUT2D eigenvalue weighted by Gasteiger charge is 2.06. The van der Waals surface area contributed by atoms with Crippen molar-refractivity contribution < 1.29 is 14.3 Å². The predicted molar refractivity (Wildman–Crippen MR) is 136 cm³/mol. The van der Waals surface area contributed by atoms with Crippen molar-refractivity contribution in [3.8, 4) is 11.5 Å². The summed E-state index contributed by atoms with van der Waals surface area (Å²) in [5.74, 6) is 1.94. The quantitative estimate of drug-likeness (QED) is 0.234. The number of Topliss-reactive ketones (excluding diaryl/α,β-unsaturated/α-hetero) is 1. The summed E-state index contributed by atoms with van der Waals surface area (Å²) in [5, 5.41) is 0. The summed E-state index contributed by atoms with van der Waals surface area (Å²) in [5.41, 5.74) is 4.51. The second kappa shape index (κ2) is 12.4. The lowest BCUT2D eigenvalue weighted by Gasteiger charge is -2.09. The van der Waals surface area contributed by atoms with Crippen LogP contribution in [0.25, 0.3) is 0 Å². The molecule has 4 rings (SSSR count). The van der Waals surface area contributed by atoms with Gasteiger partial charge in [-0.25, -0.2) is 0 Å². The van der Waals surface area contributed by atoms with Gasteiger partial charge in [-0.2, -0.15) is 0 Å². The van der Waals surface area contributed by atoms with Crippen LogP contribution in [0.15, 0.2) is 109 Å². The fraction of sp³-hybridized carbons (Fsp3) is 0.194. The molecule has 0 bridgehead atoms. The Labute approximate surface area is 202 Å². The average molecular weight is 451 g/mol. The Bertz CT molecular complexity index is 1080. The Balaban J connectivity index is 1.21. The highest BCUT2D eigenvalue weighted by Crippen LogP contribution is 2.19. The molecule has 4 aromatic carbocycles. The van der Waals surface area contributed by atoms with E-state index in [1.54, 1.807) is 0 Å². The molecular weight excluding hydrogens is 420 g/mol. The second-order valence-electron chi connectivity index (χ2n) is 8.38. The first kappa shape index (κ1) is 23.3. The molecule has 0 saturated carbocycles. The molecule has 172 valence electrons. The minimum absolute atomic E-state index is 0.270. The van der Waals surface area contributed by atoms with E-state index < -0.39 is 0 Å². The summed E-state index contributed by atoms with van der Waals surface area (Å²) in [6.45, 7) is 1.08. The van der Waals surface area contributed by atoms with Gasteiger partial charge in [0.05, 0.1) is 0 Å². The van der Waals surface area contributed by atoms with Gasteiger partial charge in [-0.15, -0.1) is 0 Å². The SMILES string of the molecule is O=C(CCc1cccc(OCc2ccccc2)c1)CCc1cccc(OCc2ccccc2)c1. The van der Waals surface area contributed by atoms with Crippen molar-refractivity contribution in [2.45, 2.75) is 38.9 Å². The maximum absolute atomic E-state index is 12.5. The van der Waals surface area contributed by atoms with E-state index in [0.717, 1.165) is 46.6 Å². The molecule has 0 spiro atoms. The van der Waals surface area contributed by atoms with Crippen LogP contribution in [0.1, 0.15) is 35.1 Å². The van der Waals surface area contributed by atoms with Crippen LogP contribution >= 0.6 is 0 Å². The van der Waals surface area contributed by atoms with Crippen LogP contribution in [0.4, 0.5) is 0 Å². The van der Waals surface area contributed by atoms with Gasteiger partial charge in [-0.05, 0) is 59.4 Å². The van der Waals surface area contributed by atoms with Gasteiger partial charge in [0.2, 0.25) is 0 Å². The van der Waals surface area contributed by atoms with E-state index in [9.17, 15) is 4.79 Å². The number of ether oxygens (including phenoxy) is 2. The number of hydrogen-bond acceptors (Lipinski definition) is 3. The summed E-state index contributed by atoms with van der Waals surface area (Å²) in [6, 6.07) is 36.3. The highest BCUT2D eigenvalue weighted by atomic mass is 16.5. The lowest BCUT2D eigenvalue weighted by atomic mass is 10.0. The van der Waals surface area contributed by atoms with Crippen LogP contribution in [-0.2, 0) is 30.8 Å². The van der Waals surface area contributed by atoms with Crippen LogP contribution in [-0.4, -0.2) is 5.78 Å². The van der Waals surface area contributed by atoms with Crippen LogP contribution < -0.4 is 9.47 Å². The summed E-state index contributed by atoms with van der Waals surface area (Å²) in [7, 11) is 0. The van der Waals surface area contributed by atoms with Crippen LogP contribution in [0, 0.1) is 0 Å². The molecule has 0 amide bonds. The molecule has 4 aromatic rings. The van der Waals surface area contributed by atoms with Gasteiger partial charge >= 0.3 is 0 Å². The Morgan fingerprint density at radius 2 is 0.912 bits per heavy atom. The number of hydrogen-bond donors (Lipinski definition) is 0. The van der Waals surface area contributed by atoms with Crippen LogP contribution in [0.5, 0.6) is 11.5 Å². The molecule has 0 unspecified atom stereocenters. The normalized spacial score (nSPS) is 10.6. The van der Waals surface area contributed by atoms with E-state index in [1.165, 1.54) is 0 Å². The van der Waals surface area contributed by atoms with Crippen molar-refractivity contribution in [2.24, 2.45) is 0 Å². The number of benzene rings is 4. The topological polar surface area (TPSA) is 35.5 Å². The molecule has 3 heteroatoms. The predicted octanol–water partition coefficient (Wildman–Crippen LogP) is 6.98. The van der Waals surface area contributed by atoms with Gasteiger partial charge in [0.15, 0.2) is 0 Å². The lowest BCUT2D eigenvalue weighted by Crippen LogP contribution is -2.03. The van der Waals surface area contributed by atoms with Crippen LogP contribution in [0.2, 0.25) is 0 Å². The summed E-state index contributed by atoms with van der Waals surface area (Å²) in [4.78, 5) is 12.5. The molecule has 0 saturated heterocycles. The van der Waals surface area contributed by atoms with Crippen molar-refractivity contribution in [2.75, 3.05) is 0 Å². The molecule has 0 aromatic heterocycles. The van der Waals surface area contributed by atoms with Gasteiger partial charge in [-0.1, -0.05) is 84.9 Å². The summed E-state index contributed by atoms with van der Waals surface area (Å²) >= 11 is 0. The fourth-order valence-corrected chi connectivity index (χ4v) is 3.76. The third kappa shape index (κ3) is 7.63. The third-order valence-corrected chi connectivity index (χ3v) is 5.68. The number of carbonyl (C=O) groups excluding carboxylic acids is 1. The largest absolute Gasteiger partial charge is 0.489 e. The van der Waals surface area contributed by atoms with Crippen molar-refractivity contribution in [1.29, 1.82) is 0 Å². The fourth-order valence-electron chi connectivity index (χ4n) is 3.76. The zero-order valence-electron chi connectivity index (χ0n) is 19.4. The van der Waals surface area contributed by atoms with E-state index in [4.69, 9.17) is 9.47 Å². The van der Waals surface area contributed by atoms with Gasteiger partial charge in [0.25, 0.3) is 0 Å². The third-order valence-electron chi connectivity index (χ3n) is 5.68. The van der Waals surface area contributed by atoms with Crippen LogP contribution in [0.3, 0.4) is 0 Å². The second-order valence-corrected chi connectivity index (χ2v) is 8.38. The number of ketones is 1. The van der Waals surface area contributed by atoms with Gasteiger partial charge in [0.1, 0.15) is 30.5 Å². The molecule has 0 aliphatic carbocycles. The maximum Gasteiger partial charge on any atom is 0.133 e. The first-order valence-electron chi connectivity index (χ1n) is 11.8. The first-order valence-corrected chi connectivity index (χ1v) is 11.8. The Morgan fingerprint density at radius 1 is 0.500 bits per heavy atom. The number of carbonyl (C=O) groups is 1. The maximum atomic E-state index is 12.5. The van der Waals surface area contributed by atoms with E-state index in [2.05, 4.69) is 12.1 Å². The lowest BCUT2D eigenvalue weighted by molar-refractivity contribution is -0.119. The Hall–Kier alpha value is -3.85. The molecule has 0 radical (unpaired) electrons. The monoisotopic (exact) mass is 450 g/mol. The average Bonchev–Trinajstić information content (AvgIpc) is 2.90. The van der Waals surface area contributed by atoms with Gasteiger partial charge in [0, 0.05) is 12.8 Å². The minimum Gasteiger partial charge on any atom is -0.489 e. The summed E-state index contributed by atoms with van der Waals surface area (Å²) < 4.78 is 11.8. The number of rotatable bonds is 12. The van der Waals surface area contributed by atoms with Crippen molar-refractivity contribution in [3.63, 3.8) is 0 Å². The molecule has 0 aliphatic rings. The zero-order chi connectivity index (χ0) is 23.4. The van der Waals surface area contributed by atoms with Gasteiger partial charge in [-0.3, -0.25) is 4.79 Å². The molecule has 0 fully saturated rings. The standard InChI is InChI=1S/C31H30O3/c32-29(19-17-25-13-7-15-30(21-25)33-23-27-9-3-1-4-10-27)20-18-26-14-8-16-31(22-26)34-24-28-11-5-2-6-12-28/h1-16,21-22H,17-20,23-24H2. The van der Waals surface area contributed by atoms with E-state index >= 15 is 0 Å². The minimum atomic E-state index is 0.270. The van der Waals surface area contributed by atoms with Crippen molar-refractivity contribution in [1.82, 2.24) is 0 Å². The molecule has 0 N–H and O–H groups in total. The molecule has 0 atom stereocenters. The van der Waals surface area contributed by atoms with E-state index in [1.807, 2.05) is 97.1 Å². The van der Waals surface area contributed by atoms with E-state index in [-0.39, 0.29) is 5.78 Å². The van der Waals surface area contributed by atoms with E-state index in [0.29, 0.717) is 26.1 Å². The molecule has 0 aliphatic heterocycles. The molecule has 0 heterocycles. The molecule has 34 heavy (non-hydrogen) atoms. The highest BCUT2D eigenvalue weighted by molar-refractivity contribution is 5.78. The summed E-state index contributed by atoms with van der Waals surface area (Å²) in [6.07, 6.45) is 2.52. The Morgan fingerprint density at radius 3 is 1.35 bits per heavy atom.